The number of carbonyl (C=O) groups is 1. The van der Waals surface area contributed by atoms with Crippen molar-refractivity contribution in [2.75, 3.05) is 55.3 Å². The SMILES string of the molecule is C=C(C(N)=O)c1cc(Nc2cc(N3OCC[C@H]3Cc3ccccc3)ncn2)c(OC)cc1N1CCOCC1. The minimum Gasteiger partial charge on any atom is -0.494 e. The van der Waals surface area contributed by atoms with Gasteiger partial charge >= 0.3 is 0 Å². The highest BCUT2D eigenvalue weighted by molar-refractivity contribution is 6.19. The monoisotopic (exact) mass is 516 g/mol. The van der Waals surface area contributed by atoms with Crippen LogP contribution in [0.1, 0.15) is 17.5 Å². The molecule has 10 heteroatoms. The number of nitrogens with zero attached hydrogens (tertiary/aromatic N) is 4. The molecule has 0 radical (unpaired) electrons. The number of ether oxygens (including phenoxy) is 2. The number of rotatable bonds is 9. The Morgan fingerprint density at radius 1 is 1.16 bits per heavy atom. The maximum absolute atomic E-state index is 12.1. The minimum absolute atomic E-state index is 0.160. The fourth-order valence-corrected chi connectivity index (χ4v) is 4.78. The molecule has 5 rings (SSSR count). The van der Waals surface area contributed by atoms with E-state index >= 15 is 0 Å². The molecule has 2 aliphatic heterocycles. The molecule has 198 valence electrons. The van der Waals surface area contributed by atoms with E-state index in [1.54, 1.807) is 7.11 Å². The Bertz CT molecular complexity index is 1300. The Labute approximate surface area is 222 Å². The number of hydroxylamine groups is 1. The van der Waals surface area contributed by atoms with Crippen LogP contribution in [0.4, 0.5) is 23.0 Å². The zero-order valence-electron chi connectivity index (χ0n) is 21.4. The third-order valence-corrected chi connectivity index (χ3v) is 6.76. The molecule has 0 unspecified atom stereocenters. The summed E-state index contributed by atoms with van der Waals surface area (Å²) in [5.41, 5.74) is 9.15. The molecule has 2 aromatic carbocycles. The maximum atomic E-state index is 12.1. The summed E-state index contributed by atoms with van der Waals surface area (Å²) in [6.45, 7) is 7.13. The summed E-state index contributed by atoms with van der Waals surface area (Å²) < 4.78 is 11.2. The number of methoxy groups -OCH3 is 1. The summed E-state index contributed by atoms with van der Waals surface area (Å²) in [6.07, 6.45) is 3.25. The smallest absolute Gasteiger partial charge is 0.248 e. The molecule has 0 saturated carbocycles. The van der Waals surface area contributed by atoms with Crippen LogP contribution in [0.3, 0.4) is 0 Å². The van der Waals surface area contributed by atoms with Gasteiger partial charge in [-0.05, 0) is 24.5 Å². The molecule has 3 aromatic rings. The van der Waals surface area contributed by atoms with Gasteiger partial charge in [0.1, 0.15) is 17.9 Å². The predicted molar refractivity (Wildman–Crippen MR) is 147 cm³/mol. The van der Waals surface area contributed by atoms with Crippen LogP contribution in [0.25, 0.3) is 5.57 Å². The first kappa shape index (κ1) is 25.5. The molecule has 1 atom stereocenters. The Morgan fingerprint density at radius 2 is 1.95 bits per heavy atom. The van der Waals surface area contributed by atoms with Crippen LogP contribution >= 0.6 is 0 Å². The van der Waals surface area contributed by atoms with Crippen LogP contribution in [0.15, 0.2) is 61.4 Å². The van der Waals surface area contributed by atoms with E-state index in [0.717, 1.165) is 18.5 Å². The van der Waals surface area contributed by atoms with Crippen molar-refractivity contribution in [1.82, 2.24) is 9.97 Å². The molecule has 10 nitrogen and oxygen atoms in total. The highest BCUT2D eigenvalue weighted by Gasteiger charge is 2.28. The van der Waals surface area contributed by atoms with Gasteiger partial charge in [-0.15, -0.1) is 0 Å². The molecule has 0 aliphatic carbocycles. The third-order valence-electron chi connectivity index (χ3n) is 6.76. The van der Waals surface area contributed by atoms with Crippen LogP contribution in [0, 0.1) is 0 Å². The number of carbonyl (C=O) groups excluding carboxylic acids is 1. The molecule has 38 heavy (non-hydrogen) atoms. The number of aromatic nitrogens is 2. The van der Waals surface area contributed by atoms with Crippen molar-refractivity contribution < 1.29 is 19.1 Å². The molecule has 1 aromatic heterocycles. The summed E-state index contributed by atoms with van der Waals surface area (Å²) in [6, 6.07) is 16.0. The van der Waals surface area contributed by atoms with Gasteiger partial charge in [0.15, 0.2) is 5.82 Å². The van der Waals surface area contributed by atoms with Crippen LogP contribution in [-0.4, -0.2) is 61.9 Å². The summed E-state index contributed by atoms with van der Waals surface area (Å²) >= 11 is 0. The summed E-state index contributed by atoms with van der Waals surface area (Å²) in [5, 5.41) is 5.18. The first-order chi connectivity index (χ1) is 18.5. The van der Waals surface area contributed by atoms with Crippen LogP contribution in [0.5, 0.6) is 5.75 Å². The zero-order chi connectivity index (χ0) is 26.5. The molecule has 1 amide bonds. The number of nitrogens with two attached hydrogens (primary N) is 1. The van der Waals surface area contributed by atoms with E-state index in [0.29, 0.717) is 61.5 Å². The first-order valence-electron chi connectivity index (χ1n) is 12.6. The van der Waals surface area contributed by atoms with E-state index in [-0.39, 0.29) is 11.6 Å². The lowest BCUT2D eigenvalue weighted by Crippen LogP contribution is -2.37. The number of amides is 1. The van der Waals surface area contributed by atoms with Gasteiger partial charge < -0.3 is 25.4 Å². The summed E-state index contributed by atoms with van der Waals surface area (Å²) in [4.78, 5) is 29.1. The number of benzene rings is 2. The van der Waals surface area contributed by atoms with E-state index in [4.69, 9.17) is 20.0 Å². The van der Waals surface area contributed by atoms with E-state index in [9.17, 15) is 4.79 Å². The Morgan fingerprint density at radius 3 is 2.68 bits per heavy atom. The van der Waals surface area contributed by atoms with Crippen molar-refractivity contribution in [1.29, 1.82) is 0 Å². The van der Waals surface area contributed by atoms with Crippen molar-refractivity contribution in [2.45, 2.75) is 18.9 Å². The van der Waals surface area contributed by atoms with Crippen molar-refractivity contribution in [3.63, 3.8) is 0 Å². The minimum atomic E-state index is -0.587. The number of morpholine rings is 1. The van der Waals surface area contributed by atoms with Crippen molar-refractivity contribution in [3.8, 4) is 5.75 Å². The molecule has 0 bridgehead atoms. The van der Waals surface area contributed by atoms with Gasteiger partial charge in [-0.25, -0.2) is 15.0 Å². The number of hydrogen-bond acceptors (Lipinski definition) is 9. The van der Waals surface area contributed by atoms with Gasteiger partial charge in [0.2, 0.25) is 5.91 Å². The quantitative estimate of drug-likeness (QED) is 0.413. The van der Waals surface area contributed by atoms with Gasteiger partial charge in [0.05, 0.1) is 38.7 Å². The molecule has 2 aliphatic rings. The maximum Gasteiger partial charge on any atom is 0.248 e. The second-order valence-electron chi connectivity index (χ2n) is 9.19. The molecule has 2 saturated heterocycles. The molecule has 0 spiro atoms. The standard InChI is InChI=1S/C28H32N6O4/c1-19(28(29)35)22-15-23(25(36-2)16-24(22)33-9-12-37-13-10-33)32-26-17-27(31-18-30-26)34-21(8-11-38-34)14-20-6-4-3-5-7-20/h3-7,15-18,21H,1,8-14H2,2H3,(H2,29,35)(H,30,31,32)/t21-/m0/s1. The first-order valence-corrected chi connectivity index (χ1v) is 12.6. The van der Waals surface area contributed by atoms with E-state index in [2.05, 4.69) is 38.9 Å². The zero-order valence-corrected chi connectivity index (χ0v) is 21.4. The summed E-state index contributed by atoms with van der Waals surface area (Å²) in [7, 11) is 1.60. The second-order valence-corrected chi connectivity index (χ2v) is 9.19. The van der Waals surface area contributed by atoms with Gasteiger partial charge in [-0.2, -0.15) is 0 Å². The number of hydrogen-bond donors (Lipinski definition) is 2. The largest absolute Gasteiger partial charge is 0.494 e. The fraction of sp³-hybridized carbons (Fsp3) is 0.321. The number of anilines is 4. The lowest BCUT2D eigenvalue weighted by Gasteiger charge is -2.31. The highest BCUT2D eigenvalue weighted by Crippen LogP contribution is 2.38. The topological polar surface area (TPSA) is 115 Å². The van der Waals surface area contributed by atoms with Gasteiger partial charge in [0, 0.05) is 42.0 Å². The lowest BCUT2D eigenvalue weighted by molar-refractivity contribution is -0.112. The molecule has 3 N–H and O–H groups in total. The molecular weight excluding hydrogens is 484 g/mol. The number of primary amides is 1. The molecule has 2 fully saturated rings. The molecule has 3 heterocycles. The van der Waals surface area contributed by atoms with Crippen LogP contribution in [0.2, 0.25) is 0 Å². The highest BCUT2D eigenvalue weighted by atomic mass is 16.7. The summed E-state index contributed by atoms with van der Waals surface area (Å²) in [5.74, 6) is 1.21. The van der Waals surface area contributed by atoms with Crippen molar-refractivity contribution >= 4 is 34.5 Å². The Kier molecular flexibility index (Phi) is 7.71. The van der Waals surface area contributed by atoms with E-state index in [1.807, 2.05) is 41.5 Å². The average Bonchev–Trinajstić information content (AvgIpc) is 3.41. The average molecular weight is 517 g/mol. The number of nitrogens with one attached hydrogen (secondary N) is 1. The normalized spacial score (nSPS) is 17.3. The van der Waals surface area contributed by atoms with Crippen LogP contribution < -0.4 is 25.8 Å². The fourth-order valence-electron chi connectivity index (χ4n) is 4.78. The van der Waals surface area contributed by atoms with Crippen LogP contribution in [-0.2, 0) is 20.8 Å². The lowest BCUT2D eigenvalue weighted by atomic mass is 10.0. The van der Waals surface area contributed by atoms with Crippen molar-refractivity contribution in [3.05, 3.63) is 72.6 Å². The van der Waals surface area contributed by atoms with Crippen molar-refractivity contribution in [2.24, 2.45) is 5.73 Å². The van der Waals surface area contributed by atoms with Gasteiger partial charge in [0.25, 0.3) is 0 Å². The third kappa shape index (κ3) is 5.56. The molecular formula is C28H32N6O4. The second kappa shape index (κ2) is 11.5. The Balaban J connectivity index is 1.43. The van der Waals surface area contributed by atoms with E-state index in [1.165, 1.54) is 11.9 Å². The van der Waals surface area contributed by atoms with E-state index < -0.39 is 5.91 Å². The van der Waals surface area contributed by atoms with Gasteiger partial charge in [-0.3, -0.25) is 9.63 Å². The Hall–Kier alpha value is -4.15. The van der Waals surface area contributed by atoms with Gasteiger partial charge in [-0.1, -0.05) is 36.9 Å². The predicted octanol–water partition coefficient (Wildman–Crippen LogP) is 3.32.